The summed E-state index contributed by atoms with van der Waals surface area (Å²) < 4.78 is 11.1. The van der Waals surface area contributed by atoms with E-state index in [1.165, 1.54) is 0 Å². The first-order valence-corrected chi connectivity index (χ1v) is 8.48. The van der Waals surface area contributed by atoms with Gasteiger partial charge in [0, 0.05) is 24.2 Å². The standard InChI is InChI=1S/C18H26N2O3/c1-12(2)23-16-7-4-13(10-17(16)22-3)18(21)20-14-5-6-15(20)11-19-9-8-14/h4,7,10,12,14-15,19H,5-6,8-9,11H2,1-3H3. The number of methoxy groups -OCH3 is 1. The zero-order valence-corrected chi connectivity index (χ0v) is 14.2. The number of carbonyl (C=O) groups is 1. The van der Waals surface area contributed by atoms with Gasteiger partial charge in [-0.05, 0) is 57.9 Å². The van der Waals surface area contributed by atoms with E-state index in [0.717, 1.165) is 32.4 Å². The number of hydrogen-bond acceptors (Lipinski definition) is 4. The molecule has 0 radical (unpaired) electrons. The van der Waals surface area contributed by atoms with Crippen molar-refractivity contribution in [3.63, 3.8) is 0 Å². The van der Waals surface area contributed by atoms with Crippen molar-refractivity contribution in [3.8, 4) is 11.5 Å². The molecule has 2 saturated heterocycles. The Bertz CT molecular complexity index is 559. The van der Waals surface area contributed by atoms with Crippen LogP contribution in [-0.2, 0) is 0 Å². The van der Waals surface area contributed by atoms with E-state index < -0.39 is 0 Å². The Morgan fingerprint density at radius 2 is 2.00 bits per heavy atom. The molecule has 2 bridgehead atoms. The second-order valence-corrected chi connectivity index (χ2v) is 6.62. The molecule has 1 aromatic carbocycles. The summed E-state index contributed by atoms with van der Waals surface area (Å²) in [6.07, 6.45) is 3.31. The Kier molecular flexibility index (Phi) is 4.76. The molecule has 1 amide bonds. The lowest BCUT2D eigenvalue weighted by atomic mass is 10.1. The van der Waals surface area contributed by atoms with Gasteiger partial charge < -0.3 is 19.7 Å². The van der Waals surface area contributed by atoms with E-state index in [4.69, 9.17) is 9.47 Å². The Morgan fingerprint density at radius 1 is 1.22 bits per heavy atom. The summed E-state index contributed by atoms with van der Waals surface area (Å²) in [4.78, 5) is 15.1. The third kappa shape index (κ3) is 3.29. The monoisotopic (exact) mass is 318 g/mol. The Morgan fingerprint density at radius 3 is 2.74 bits per heavy atom. The van der Waals surface area contributed by atoms with Gasteiger partial charge in [-0.1, -0.05) is 0 Å². The van der Waals surface area contributed by atoms with Gasteiger partial charge in [0.1, 0.15) is 0 Å². The maximum absolute atomic E-state index is 13.0. The van der Waals surface area contributed by atoms with Crippen LogP contribution in [0.15, 0.2) is 18.2 Å². The SMILES string of the molecule is COc1cc(C(=O)N2C3CCNCC2CC3)ccc1OC(C)C. The number of nitrogens with one attached hydrogen (secondary N) is 1. The minimum Gasteiger partial charge on any atom is -0.493 e. The van der Waals surface area contributed by atoms with E-state index in [1.54, 1.807) is 13.2 Å². The van der Waals surface area contributed by atoms with E-state index in [2.05, 4.69) is 10.2 Å². The molecular formula is C18H26N2O3. The minimum absolute atomic E-state index is 0.0676. The zero-order chi connectivity index (χ0) is 16.4. The lowest BCUT2D eigenvalue weighted by Crippen LogP contribution is -2.42. The van der Waals surface area contributed by atoms with Crippen molar-refractivity contribution in [2.75, 3.05) is 20.2 Å². The summed E-state index contributed by atoms with van der Waals surface area (Å²) in [5, 5.41) is 3.43. The fourth-order valence-electron chi connectivity index (χ4n) is 3.61. The summed E-state index contributed by atoms with van der Waals surface area (Å²) in [6.45, 7) is 5.84. The van der Waals surface area contributed by atoms with Crippen LogP contribution >= 0.6 is 0 Å². The number of benzene rings is 1. The highest BCUT2D eigenvalue weighted by molar-refractivity contribution is 5.95. The summed E-state index contributed by atoms with van der Waals surface area (Å²) in [6, 6.07) is 6.16. The molecule has 5 heteroatoms. The highest BCUT2D eigenvalue weighted by Gasteiger charge is 2.38. The number of nitrogens with zero attached hydrogens (tertiary/aromatic N) is 1. The predicted octanol–water partition coefficient (Wildman–Crippen LogP) is 2.45. The van der Waals surface area contributed by atoms with Crippen LogP contribution in [0.5, 0.6) is 11.5 Å². The van der Waals surface area contributed by atoms with Gasteiger partial charge in [-0.15, -0.1) is 0 Å². The minimum atomic E-state index is 0.0676. The molecule has 1 aromatic rings. The smallest absolute Gasteiger partial charge is 0.254 e. The molecular weight excluding hydrogens is 292 g/mol. The van der Waals surface area contributed by atoms with E-state index in [0.29, 0.717) is 29.1 Å². The molecule has 3 rings (SSSR count). The number of fused-ring (bicyclic) bond motifs is 2. The quantitative estimate of drug-likeness (QED) is 0.926. The highest BCUT2D eigenvalue weighted by atomic mass is 16.5. The van der Waals surface area contributed by atoms with Crippen LogP contribution in [0.1, 0.15) is 43.5 Å². The van der Waals surface area contributed by atoms with Crippen LogP contribution in [0.25, 0.3) is 0 Å². The number of amides is 1. The summed E-state index contributed by atoms with van der Waals surface area (Å²) in [5.41, 5.74) is 0.678. The normalized spacial score (nSPS) is 23.7. The molecule has 23 heavy (non-hydrogen) atoms. The van der Waals surface area contributed by atoms with Crippen molar-refractivity contribution in [2.45, 2.75) is 51.3 Å². The number of hydrogen-bond donors (Lipinski definition) is 1. The van der Waals surface area contributed by atoms with Crippen LogP contribution in [-0.4, -0.2) is 49.2 Å². The van der Waals surface area contributed by atoms with Crippen LogP contribution in [0.3, 0.4) is 0 Å². The first-order chi connectivity index (χ1) is 11.1. The number of ether oxygens (including phenoxy) is 2. The fraction of sp³-hybridized carbons (Fsp3) is 0.611. The predicted molar refractivity (Wildman–Crippen MR) is 89.2 cm³/mol. The first-order valence-electron chi connectivity index (χ1n) is 8.48. The maximum atomic E-state index is 13.0. The van der Waals surface area contributed by atoms with E-state index >= 15 is 0 Å². The largest absolute Gasteiger partial charge is 0.493 e. The molecule has 2 aliphatic rings. The van der Waals surface area contributed by atoms with Gasteiger partial charge in [0.2, 0.25) is 0 Å². The average molecular weight is 318 g/mol. The van der Waals surface area contributed by atoms with E-state index in [9.17, 15) is 4.79 Å². The molecule has 2 aliphatic heterocycles. The summed E-state index contributed by atoms with van der Waals surface area (Å²) >= 11 is 0. The zero-order valence-electron chi connectivity index (χ0n) is 14.2. The first kappa shape index (κ1) is 16.1. The molecule has 2 heterocycles. The Balaban J connectivity index is 1.84. The molecule has 2 unspecified atom stereocenters. The van der Waals surface area contributed by atoms with Gasteiger partial charge >= 0.3 is 0 Å². The number of rotatable bonds is 4. The molecule has 2 atom stereocenters. The van der Waals surface area contributed by atoms with Crippen LogP contribution < -0.4 is 14.8 Å². The van der Waals surface area contributed by atoms with E-state index in [-0.39, 0.29) is 12.0 Å². The highest BCUT2D eigenvalue weighted by Crippen LogP contribution is 2.33. The van der Waals surface area contributed by atoms with Gasteiger partial charge in [-0.2, -0.15) is 0 Å². The fourth-order valence-corrected chi connectivity index (χ4v) is 3.61. The van der Waals surface area contributed by atoms with Crippen molar-refractivity contribution in [3.05, 3.63) is 23.8 Å². The lowest BCUT2D eigenvalue weighted by molar-refractivity contribution is 0.0680. The van der Waals surface area contributed by atoms with Crippen molar-refractivity contribution in [1.82, 2.24) is 10.2 Å². The molecule has 2 fully saturated rings. The van der Waals surface area contributed by atoms with Crippen molar-refractivity contribution >= 4 is 5.91 Å². The molecule has 0 spiro atoms. The van der Waals surface area contributed by atoms with E-state index in [1.807, 2.05) is 26.0 Å². The lowest BCUT2D eigenvalue weighted by Gasteiger charge is -2.28. The molecule has 1 N–H and O–H groups in total. The van der Waals surface area contributed by atoms with Crippen LogP contribution in [0.2, 0.25) is 0 Å². The van der Waals surface area contributed by atoms with Gasteiger partial charge in [0.25, 0.3) is 5.91 Å². The Labute approximate surface area is 137 Å². The molecule has 0 aromatic heterocycles. The molecule has 0 saturated carbocycles. The second kappa shape index (κ2) is 6.79. The average Bonchev–Trinajstić information content (AvgIpc) is 2.79. The second-order valence-electron chi connectivity index (χ2n) is 6.62. The van der Waals surface area contributed by atoms with Gasteiger partial charge in [-0.3, -0.25) is 4.79 Å². The van der Waals surface area contributed by atoms with Crippen molar-refractivity contribution in [1.29, 1.82) is 0 Å². The third-order valence-electron chi connectivity index (χ3n) is 4.66. The van der Waals surface area contributed by atoms with Crippen LogP contribution in [0, 0.1) is 0 Å². The Hall–Kier alpha value is -1.75. The van der Waals surface area contributed by atoms with Crippen molar-refractivity contribution in [2.24, 2.45) is 0 Å². The van der Waals surface area contributed by atoms with Crippen LogP contribution in [0.4, 0.5) is 0 Å². The third-order valence-corrected chi connectivity index (χ3v) is 4.66. The molecule has 0 aliphatic carbocycles. The molecule has 5 nitrogen and oxygen atoms in total. The maximum Gasteiger partial charge on any atom is 0.254 e. The topological polar surface area (TPSA) is 50.8 Å². The van der Waals surface area contributed by atoms with Gasteiger partial charge in [-0.25, -0.2) is 0 Å². The van der Waals surface area contributed by atoms with Gasteiger partial charge in [0.05, 0.1) is 13.2 Å². The number of carbonyl (C=O) groups excluding carboxylic acids is 1. The van der Waals surface area contributed by atoms with Crippen molar-refractivity contribution < 1.29 is 14.3 Å². The van der Waals surface area contributed by atoms with Gasteiger partial charge in [0.15, 0.2) is 11.5 Å². The molecule has 126 valence electrons. The summed E-state index contributed by atoms with van der Waals surface area (Å²) in [7, 11) is 1.61. The summed E-state index contributed by atoms with van der Waals surface area (Å²) in [5.74, 6) is 1.40.